The lowest BCUT2D eigenvalue weighted by Crippen LogP contribution is -2.43. The number of imide groups is 1. The fraction of sp³-hybridized carbons (Fsp3) is 0.259. The number of hydrogen-bond acceptors (Lipinski definition) is 7. The summed E-state index contributed by atoms with van der Waals surface area (Å²) in [6.45, 7) is 3.07. The van der Waals surface area contributed by atoms with Gasteiger partial charge in [0.25, 0.3) is 11.8 Å². The van der Waals surface area contributed by atoms with Gasteiger partial charge in [-0.3, -0.25) is 19.3 Å². The fourth-order valence-electron chi connectivity index (χ4n) is 3.63. The summed E-state index contributed by atoms with van der Waals surface area (Å²) >= 11 is 12.2. The topological polar surface area (TPSA) is 106 Å². The Bertz CT molecular complexity index is 1340. The quantitative estimate of drug-likeness (QED) is 0.187. The van der Waals surface area contributed by atoms with E-state index in [4.69, 9.17) is 37.4 Å². The van der Waals surface area contributed by atoms with Crippen molar-refractivity contribution in [3.05, 3.63) is 74.3 Å². The minimum absolute atomic E-state index is 0.00407. The van der Waals surface area contributed by atoms with Gasteiger partial charge in [-0.25, -0.2) is 0 Å². The second-order valence-electron chi connectivity index (χ2n) is 8.06. The molecule has 0 fully saturated rings. The van der Waals surface area contributed by atoms with E-state index in [1.807, 2.05) is 6.07 Å². The van der Waals surface area contributed by atoms with E-state index >= 15 is 0 Å². The Morgan fingerprint density at radius 2 is 1.86 bits per heavy atom. The highest BCUT2D eigenvalue weighted by Crippen LogP contribution is 2.33. The molecule has 1 heterocycles. The molecule has 8 nitrogen and oxygen atoms in total. The number of hydrogen-bond donors (Lipinski definition) is 0. The molecule has 2 amide bonds. The number of nitrogens with zero attached hydrogens (tertiary/aromatic N) is 2. The molecule has 0 saturated heterocycles. The second kappa shape index (κ2) is 12.4. The Kier molecular flexibility index (Phi) is 9.34. The number of esters is 1. The Morgan fingerprint density at radius 1 is 1.11 bits per heavy atom. The first kappa shape index (κ1) is 27.8. The van der Waals surface area contributed by atoms with Crippen LogP contribution in [0.3, 0.4) is 0 Å². The van der Waals surface area contributed by atoms with Crippen LogP contribution in [-0.4, -0.2) is 42.9 Å². The van der Waals surface area contributed by atoms with Crippen molar-refractivity contribution < 1.29 is 28.6 Å². The van der Waals surface area contributed by atoms with Gasteiger partial charge < -0.3 is 14.2 Å². The van der Waals surface area contributed by atoms with Crippen molar-refractivity contribution in [2.24, 2.45) is 0 Å². The number of amides is 2. The van der Waals surface area contributed by atoms with Crippen LogP contribution in [0, 0.1) is 11.3 Å². The minimum Gasteiger partial charge on any atom is -0.493 e. The molecule has 1 aliphatic rings. The molecule has 0 spiro atoms. The summed E-state index contributed by atoms with van der Waals surface area (Å²) in [5.74, 6) is -0.798. The molecule has 0 aromatic heterocycles. The number of halogens is 2. The molecule has 0 atom stereocenters. The van der Waals surface area contributed by atoms with E-state index in [0.29, 0.717) is 27.1 Å². The van der Waals surface area contributed by atoms with Gasteiger partial charge in [0.1, 0.15) is 18.2 Å². The third kappa shape index (κ3) is 6.70. The van der Waals surface area contributed by atoms with Crippen molar-refractivity contribution in [3.8, 4) is 17.6 Å². The van der Waals surface area contributed by atoms with Gasteiger partial charge in [0.05, 0.1) is 13.7 Å². The van der Waals surface area contributed by atoms with Crippen molar-refractivity contribution in [2.75, 3.05) is 20.3 Å². The summed E-state index contributed by atoms with van der Waals surface area (Å²) < 4.78 is 16.2. The van der Waals surface area contributed by atoms with Gasteiger partial charge in [-0.15, -0.1) is 0 Å². The molecular formula is C27H24Cl2N2O6. The lowest BCUT2D eigenvalue weighted by molar-refractivity contribution is -0.141. The zero-order valence-electron chi connectivity index (χ0n) is 20.5. The molecule has 0 unspecified atom stereocenters. The molecule has 0 N–H and O–H groups in total. The molecule has 192 valence electrons. The lowest BCUT2D eigenvalue weighted by Gasteiger charge is -2.27. The summed E-state index contributed by atoms with van der Waals surface area (Å²) in [6.07, 6.45) is 1.84. The van der Waals surface area contributed by atoms with Crippen LogP contribution in [0.5, 0.6) is 11.5 Å². The number of carbonyl (C=O) groups excluding carboxylic acids is 3. The van der Waals surface area contributed by atoms with Crippen molar-refractivity contribution >= 4 is 47.1 Å². The van der Waals surface area contributed by atoms with E-state index in [9.17, 15) is 19.6 Å². The van der Waals surface area contributed by atoms with E-state index in [1.165, 1.54) is 14.0 Å². The first-order chi connectivity index (χ1) is 17.7. The van der Waals surface area contributed by atoms with Crippen molar-refractivity contribution in [1.82, 2.24) is 4.90 Å². The van der Waals surface area contributed by atoms with Gasteiger partial charge >= 0.3 is 5.97 Å². The normalized spacial score (nSPS) is 14.6. The highest BCUT2D eigenvalue weighted by atomic mass is 35.5. The maximum atomic E-state index is 13.2. The van der Waals surface area contributed by atoms with Crippen LogP contribution in [0.25, 0.3) is 6.08 Å². The summed E-state index contributed by atoms with van der Waals surface area (Å²) in [7, 11) is 1.49. The fourth-order valence-corrected chi connectivity index (χ4v) is 4.09. The molecule has 0 saturated carbocycles. The third-order valence-corrected chi connectivity index (χ3v) is 6.14. The van der Waals surface area contributed by atoms with Gasteiger partial charge in [0.15, 0.2) is 11.5 Å². The summed E-state index contributed by atoms with van der Waals surface area (Å²) in [5, 5.41) is 10.6. The smallest absolute Gasteiger partial charge is 0.302 e. The Hall–Kier alpha value is -3.80. The first-order valence-electron chi connectivity index (χ1n) is 11.2. The van der Waals surface area contributed by atoms with Crippen molar-refractivity contribution in [1.29, 1.82) is 5.26 Å². The maximum Gasteiger partial charge on any atom is 0.302 e. The standard InChI is InChI=1S/C27H24Cl2N2O6/c1-16-21(26(33)31(27(34)22(16)14-30)9-4-10-36-17(2)32)11-18-5-8-24(25(12-18)35-3)37-15-19-6-7-20(28)13-23(19)29/h5-8,11-13H,4,9-10,15H2,1-3H3/b21-11+. The molecule has 3 rings (SSSR count). The molecular weight excluding hydrogens is 519 g/mol. The molecule has 1 aliphatic heterocycles. The van der Waals surface area contributed by atoms with Crippen LogP contribution in [0.15, 0.2) is 53.1 Å². The zero-order valence-corrected chi connectivity index (χ0v) is 22.0. The van der Waals surface area contributed by atoms with Crippen LogP contribution in [-0.2, 0) is 25.7 Å². The largest absolute Gasteiger partial charge is 0.493 e. The highest BCUT2D eigenvalue weighted by Gasteiger charge is 2.35. The molecule has 37 heavy (non-hydrogen) atoms. The number of benzene rings is 2. The Labute approximate surface area is 224 Å². The second-order valence-corrected chi connectivity index (χ2v) is 8.90. The van der Waals surface area contributed by atoms with Crippen LogP contribution in [0.4, 0.5) is 0 Å². The van der Waals surface area contributed by atoms with Crippen molar-refractivity contribution in [3.63, 3.8) is 0 Å². The van der Waals surface area contributed by atoms with Gasteiger partial charge in [-0.1, -0.05) is 35.3 Å². The minimum atomic E-state index is -0.674. The van der Waals surface area contributed by atoms with Crippen molar-refractivity contribution in [2.45, 2.75) is 26.9 Å². The number of methoxy groups -OCH3 is 1. The van der Waals surface area contributed by atoms with Gasteiger partial charge in [0, 0.05) is 34.7 Å². The van der Waals surface area contributed by atoms with Gasteiger partial charge in [0.2, 0.25) is 0 Å². The highest BCUT2D eigenvalue weighted by molar-refractivity contribution is 6.35. The summed E-state index contributed by atoms with van der Waals surface area (Å²) in [6, 6.07) is 12.1. The average Bonchev–Trinajstić information content (AvgIpc) is 2.86. The molecule has 0 radical (unpaired) electrons. The number of ether oxygens (including phenoxy) is 3. The predicted octanol–water partition coefficient (Wildman–Crippen LogP) is 5.13. The van der Waals surface area contributed by atoms with Crippen LogP contribution in [0.1, 0.15) is 31.4 Å². The van der Waals surface area contributed by atoms with E-state index in [1.54, 1.807) is 49.4 Å². The Balaban J connectivity index is 1.86. The van der Waals surface area contributed by atoms with Crippen LogP contribution < -0.4 is 9.47 Å². The Morgan fingerprint density at radius 3 is 2.51 bits per heavy atom. The van der Waals surface area contributed by atoms with E-state index in [0.717, 1.165) is 10.5 Å². The van der Waals surface area contributed by atoms with E-state index < -0.39 is 17.8 Å². The third-order valence-electron chi connectivity index (χ3n) is 5.55. The number of nitriles is 1. The van der Waals surface area contributed by atoms with E-state index in [2.05, 4.69) is 0 Å². The molecule has 2 aromatic rings. The first-order valence-corrected chi connectivity index (χ1v) is 12.0. The maximum absolute atomic E-state index is 13.2. The van der Waals surface area contributed by atoms with Gasteiger partial charge in [-0.05, 0) is 54.8 Å². The summed E-state index contributed by atoms with van der Waals surface area (Å²) in [4.78, 5) is 37.9. The molecule has 2 aromatic carbocycles. The molecule has 10 heteroatoms. The molecule has 0 bridgehead atoms. The number of rotatable bonds is 9. The lowest BCUT2D eigenvalue weighted by atomic mass is 9.93. The van der Waals surface area contributed by atoms with Crippen LogP contribution in [0.2, 0.25) is 10.0 Å². The van der Waals surface area contributed by atoms with E-state index in [-0.39, 0.29) is 42.9 Å². The zero-order chi connectivity index (χ0) is 27.1. The number of carbonyl (C=O) groups is 3. The predicted molar refractivity (Wildman–Crippen MR) is 138 cm³/mol. The van der Waals surface area contributed by atoms with Crippen LogP contribution >= 0.6 is 23.2 Å². The summed E-state index contributed by atoms with van der Waals surface area (Å²) in [5.41, 5.74) is 1.71. The monoisotopic (exact) mass is 542 g/mol. The SMILES string of the molecule is COc1cc(/C=C2/C(=O)N(CCCOC(C)=O)C(=O)C(C#N)=C2C)ccc1OCc1ccc(Cl)cc1Cl. The molecule has 0 aliphatic carbocycles. The average molecular weight is 543 g/mol. The van der Waals surface area contributed by atoms with Gasteiger partial charge in [-0.2, -0.15) is 5.26 Å².